The number of rotatable bonds is 2. The highest BCUT2D eigenvalue weighted by Crippen LogP contribution is 2.06. The molecule has 4 nitrogen and oxygen atoms in total. The molecule has 2 aromatic rings. The molecule has 0 unspecified atom stereocenters. The molecule has 2 rings (SSSR count). The quantitative estimate of drug-likeness (QED) is 0.848. The fraction of sp³-hybridized carbons (Fsp3) is 0. The number of hydrogen-bond acceptors (Lipinski definition) is 2. The summed E-state index contributed by atoms with van der Waals surface area (Å²) in [7, 11) is 0. The molecule has 0 heterocycles. The van der Waals surface area contributed by atoms with Crippen LogP contribution in [0.1, 0.15) is 20.7 Å². The number of hydrogen-bond donors (Lipinski definition) is 2. The van der Waals surface area contributed by atoms with Crippen molar-refractivity contribution in [2.45, 2.75) is 0 Å². The van der Waals surface area contributed by atoms with E-state index in [0.29, 0.717) is 0 Å². The molecule has 0 saturated heterocycles. The van der Waals surface area contributed by atoms with Crippen molar-refractivity contribution in [2.24, 2.45) is 5.73 Å². The van der Waals surface area contributed by atoms with E-state index in [2.05, 4.69) is 0 Å². The van der Waals surface area contributed by atoms with Crippen molar-refractivity contribution in [3.05, 3.63) is 71.8 Å². The van der Waals surface area contributed by atoms with Crippen molar-refractivity contribution in [1.29, 1.82) is 0 Å². The molecule has 0 bridgehead atoms. The molecule has 3 N–H and O–H groups in total. The predicted octanol–water partition coefficient (Wildman–Crippen LogP) is 2.17. The SMILES string of the molecule is NC(=O)c1ccccc1C(=O)O.c1ccccc1. The zero-order valence-electron chi connectivity index (χ0n) is 9.61. The summed E-state index contributed by atoms with van der Waals surface area (Å²) < 4.78 is 0. The first-order valence-corrected chi connectivity index (χ1v) is 5.25. The summed E-state index contributed by atoms with van der Waals surface area (Å²) >= 11 is 0. The summed E-state index contributed by atoms with van der Waals surface area (Å²) in [4.78, 5) is 21.2. The Labute approximate surface area is 105 Å². The van der Waals surface area contributed by atoms with Crippen molar-refractivity contribution < 1.29 is 14.7 Å². The molecule has 2 aromatic carbocycles. The molecule has 1 amide bonds. The highest BCUT2D eigenvalue weighted by atomic mass is 16.4. The lowest BCUT2D eigenvalue weighted by atomic mass is 10.1. The van der Waals surface area contributed by atoms with Gasteiger partial charge in [-0.2, -0.15) is 0 Å². The summed E-state index contributed by atoms with van der Waals surface area (Å²) in [5.41, 5.74) is 4.92. The van der Waals surface area contributed by atoms with E-state index in [9.17, 15) is 9.59 Å². The lowest BCUT2D eigenvalue weighted by Gasteiger charge is -1.99. The van der Waals surface area contributed by atoms with Gasteiger partial charge in [0.05, 0.1) is 11.1 Å². The first-order chi connectivity index (χ1) is 8.63. The molecule has 0 fully saturated rings. The Hall–Kier alpha value is -2.62. The molecule has 0 radical (unpaired) electrons. The van der Waals surface area contributed by atoms with Crippen LogP contribution in [0.15, 0.2) is 60.7 Å². The van der Waals surface area contributed by atoms with Crippen molar-refractivity contribution >= 4 is 11.9 Å². The van der Waals surface area contributed by atoms with Crippen LogP contribution in [-0.2, 0) is 0 Å². The number of carboxylic acids is 1. The van der Waals surface area contributed by atoms with Crippen LogP contribution in [0.25, 0.3) is 0 Å². The van der Waals surface area contributed by atoms with Gasteiger partial charge in [0.1, 0.15) is 0 Å². The second-order valence-corrected chi connectivity index (χ2v) is 3.37. The summed E-state index contributed by atoms with van der Waals surface area (Å²) in [6.07, 6.45) is 0. The van der Waals surface area contributed by atoms with E-state index in [-0.39, 0.29) is 11.1 Å². The summed E-state index contributed by atoms with van der Waals surface area (Å²) in [6, 6.07) is 17.8. The Bertz CT molecular complexity index is 464. The lowest BCUT2D eigenvalue weighted by Crippen LogP contribution is -2.15. The average Bonchev–Trinajstić information content (AvgIpc) is 2.41. The van der Waals surface area contributed by atoms with Gasteiger partial charge in [-0.05, 0) is 12.1 Å². The van der Waals surface area contributed by atoms with Crippen molar-refractivity contribution in [3.63, 3.8) is 0 Å². The van der Waals surface area contributed by atoms with E-state index < -0.39 is 11.9 Å². The Kier molecular flexibility index (Phi) is 5.12. The minimum absolute atomic E-state index is 0.0324. The highest BCUT2D eigenvalue weighted by Gasteiger charge is 2.11. The third-order valence-corrected chi connectivity index (χ3v) is 2.09. The predicted molar refractivity (Wildman–Crippen MR) is 68.4 cm³/mol. The Morgan fingerprint density at radius 3 is 1.44 bits per heavy atom. The second kappa shape index (κ2) is 6.85. The van der Waals surface area contributed by atoms with E-state index in [1.165, 1.54) is 18.2 Å². The van der Waals surface area contributed by atoms with Gasteiger partial charge < -0.3 is 10.8 Å². The number of carbonyl (C=O) groups is 2. The highest BCUT2D eigenvalue weighted by molar-refractivity contribution is 6.03. The summed E-state index contributed by atoms with van der Waals surface area (Å²) in [5, 5.41) is 8.61. The molecule has 0 saturated carbocycles. The number of benzene rings is 2. The van der Waals surface area contributed by atoms with Gasteiger partial charge >= 0.3 is 5.97 Å². The molecule has 0 aliphatic heterocycles. The molecular weight excluding hydrogens is 230 g/mol. The van der Waals surface area contributed by atoms with Crippen LogP contribution in [0.4, 0.5) is 0 Å². The van der Waals surface area contributed by atoms with Gasteiger partial charge in [-0.15, -0.1) is 0 Å². The van der Waals surface area contributed by atoms with E-state index >= 15 is 0 Å². The summed E-state index contributed by atoms with van der Waals surface area (Å²) in [5.74, 6) is -1.88. The smallest absolute Gasteiger partial charge is 0.336 e. The fourth-order valence-electron chi connectivity index (χ4n) is 1.27. The lowest BCUT2D eigenvalue weighted by molar-refractivity contribution is 0.0692. The molecule has 18 heavy (non-hydrogen) atoms. The molecule has 0 atom stereocenters. The molecule has 0 aromatic heterocycles. The molecule has 4 heteroatoms. The minimum atomic E-state index is -1.15. The average molecular weight is 243 g/mol. The molecule has 0 spiro atoms. The van der Waals surface area contributed by atoms with Crippen LogP contribution in [-0.4, -0.2) is 17.0 Å². The van der Waals surface area contributed by atoms with Gasteiger partial charge in [0.2, 0.25) is 5.91 Å². The van der Waals surface area contributed by atoms with Gasteiger partial charge in [0, 0.05) is 0 Å². The third-order valence-electron chi connectivity index (χ3n) is 2.09. The van der Waals surface area contributed by atoms with Crippen LogP contribution < -0.4 is 5.73 Å². The number of nitrogens with two attached hydrogens (primary N) is 1. The van der Waals surface area contributed by atoms with Crippen molar-refractivity contribution in [2.75, 3.05) is 0 Å². The first kappa shape index (κ1) is 13.4. The van der Waals surface area contributed by atoms with Crippen LogP contribution in [0.3, 0.4) is 0 Å². The summed E-state index contributed by atoms with van der Waals surface area (Å²) in [6.45, 7) is 0. The van der Waals surface area contributed by atoms with E-state index in [1.54, 1.807) is 6.07 Å². The Morgan fingerprint density at radius 1 is 0.778 bits per heavy atom. The second-order valence-electron chi connectivity index (χ2n) is 3.37. The number of amides is 1. The van der Waals surface area contributed by atoms with Crippen LogP contribution >= 0.6 is 0 Å². The monoisotopic (exact) mass is 243 g/mol. The maximum absolute atomic E-state index is 10.7. The molecular formula is C14H13NO3. The van der Waals surface area contributed by atoms with Gasteiger partial charge in [0.25, 0.3) is 0 Å². The van der Waals surface area contributed by atoms with Crippen molar-refractivity contribution in [1.82, 2.24) is 0 Å². The molecule has 92 valence electrons. The van der Waals surface area contributed by atoms with E-state index in [0.717, 1.165) is 0 Å². The Morgan fingerprint density at radius 2 is 1.17 bits per heavy atom. The number of aromatic carboxylic acids is 1. The first-order valence-electron chi connectivity index (χ1n) is 5.25. The van der Waals surface area contributed by atoms with E-state index in [4.69, 9.17) is 10.8 Å². The zero-order chi connectivity index (χ0) is 13.4. The third kappa shape index (κ3) is 4.09. The van der Waals surface area contributed by atoms with Crippen molar-refractivity contribution in [3.8, 4) is 0 Å². The van der Waals surface area contributed by atoms with E-state index in [1.807, 2.05) is 36.4 Å². The fourth-order valence-corrected chi connectivity index (χ4v) is 1.27. The standard InChI is InChI=1S/C8H7NO3.C6H6/c9-7(10)5-3-1-2-4-6(5)8(11)12;1-2-4-6-5-3-1/h1-4H,(H2,9,10)(H,11,12);1-6H. The van der Waals surface area contributed by atoms with Gasteiger partial charge in [-0.25, -0.2) is 4.79 Å². The Balaban J connectivity index is 0.000000225. The topological polar surface area (TPSA) is 80.4 Å². The van der Waals surface area contributed by atoms with Gasteiger partial charge in [-0.1, -0.05) is 48.5 Å². The van der Waals surface area contributed by atoms with Gasteiger partial charge in [-0.3, -0.25) is 4.79 Å². The molecule has 0 aliphatic carbocycles. The minimum Gasteiger partial charge on any atom is -0.478 e. The normalized spacial score (nSPS) is 8.89. The number of carbonyl (C=O) groups excluding carboxylic acids is 1. The van der Waals surface area contributed by atoms with Crippen LogP contribution in [0.2, 0.25) is 0 Å². The number of carboxylic acid groups (broad SMARTS) is 1. The van der Waals surface area contributed by atoms with Gasteiger partial charge in [0.15, 0.2) is 0 Å². The van der Waals surface area contributed by atoms with Crippen LogP contribution in [0, 0.1) is 0 Å². The maximum atomic E-state index is 10.7. The van der Waals surface area contributed by atoms with Crippen LogP contribution in [0.5, 0.6) is 0 Å². The number of primary amides is 1. The maximum Gasteiger partial charge on any atom is 0.336 e. The zero-order valence-corrected chi connectivity index (χ0v) is 9.61. The molecule has 0 aliphatic rings. The largest absolute Gasteiger partial charge is 0.478 e.